The molecule has 0 saturated carbocycles. The number of nitrogens with two attached hydrogens (primary N) is 1. The number of fused-ring (bicyclic) bond motifs is 1. The van der Waals surface area contributed by atoms with E-state index in [0.29, 0.717) is 5.69 Å². The lowest BCUT2D eigenvalue weighted by atomic mass is 10.2. The molecule has 0 spiro atoms. The molecule has 0 aliphatic rings. The Bertz CT molecular complexity index is 746. The Morgan fingerprint density at radius 2 is 2.00 bits per heavy atom. The van der Waals surface area contributed by atoms with Crippen LogP contribution < -0.4 is 10.5 Å². The highest BCUT2D eigenvalue weighted by atomic mass is 16.5. The Kier molecular flexibility index (Phi) is 2.63. The first-order valence-corrected chi connectivity index (χ1v) is 6.04. The number of pyridine rings is 1. The van der Waals surface area contributed by atoms with Gasteiger partial charge in [-0.25, -0.2) is 0 Å². The van der Waals surface area contributed by atoms with Gasteiger partial charge in [0, 0.05) is 30.4 Å². The highest BCUT2D eigenvalue weighted by Crippen LogP contribution is 2.29. The van der Waals surface area contributed by atoms with Crippen molar-refractivity contribution in [2.45, 2.75) is 0 Å². The van der Waals surface area contributed by atoms with Gasteiger partial charge in [0.2, 0.25) is 0 Å². The summed E-state index contributed by atoms with van der Waals surface area (Å²) in [4.78, 5) is 4.38. The molecule has 96 valence electrons. The molecule has 3 aromatic rings. The maximum atomic E-state index is 5.82. The number of anilines is 1. The standard InChI is InChI=1S/C15H15N3O/c1-18-14-9-12(19-2)4-3-10(14)7-15(18)13-8-11(16)5-6-17-13/h3-9H,1-2H3,(H2,16,17). The lowest BCUT2D eigenvalue weighted by molar-refractivity contribution is 0.415. The summed E-state index contributed by atoms with van der Waals surface area (Å²) in [7, 11) is 3.69. The first-order chi connectivity index (χ1) is 9.19. The second-order valence-electron chi connectivity index (χ2n) is 4.49. The number of aromatic nitrogens is 2. The molecule has 0 saturated heterocycles. The SMILES string of the molecule is COc1ccc2cc(-c3cc(N)ccn3)n(C)c2c1. The first-order valence-electron chi connectivity index (χ1n) is 6.04. The summed E-state index contributed by atoms with van der Waals surface area (Å²) in [5, 5.41) is 1.16. The lowest BCUT2D eigenvalue weighted by Gasteiger charge is -2.05. The minimum atomic E-state index is 0.716. The highest BCUT2D eigenvalue weighted by molar-refractivity contribution is 5.87. The Morgan fingerprint density at radius 3 is 2.74 bits per heavy atom. The number of hydrogen-bond donors (Lipinski definition) is 1. The molecule has 0 amide bonds. The molecule has 0 fully saturated rings. The number of methoxy groups -OCH3 is 1. The van der Waals surface area contributed by atoms with Gasteiger partial charge in [0.1, 0.15) is 5.75 Å². The van der Waals surface area contributed by atoms with E-state index >= 15 is 0 Å². The quantitative estimate of drug-likeness (QED) is 0.764. The molecule has 3 rings (SSSR count). The molecule has 0 aliphatic carbocycles. The second kappa shape index (κ2) is 4.31. The van der Waals surface area contributed by atoms with Crippen LogP contribution in [0.2, 0.25) is 0 Å². The molecule has 0 unspecified atom stereocenters. The minimum absolute atomic E-state index is 0.716. The molecular weight excluding hydrogens is 238 g/mol. The summed E-state index contributed by atoms with van der Waals surface area (Å²) in [6.45, 7) is 0. The van der Waals surface area contributed by atoms with Crippen LogP contribution in [-0.4, -0.2) is 16.7 Å². The van der Waals surface area contributed by atoms with Crippen molar-refractivity contribution in [3.63, 3.8) is 0 Å². The monoisotopic (exact) mass is 253 g/mol. The fourth-order valence-corrected chi connectivity index (χ4v) is 2.27. The van der Waals surface area contributed by atoms with Gasteiger partial charge in [0.05, 0.1) is 24.0 Å². The van der Waals surface area contributed by atoms with Gasteiger partial charge in [-0.1, -0.05) is 0 Å². The molecule has 0 aliphatic heterocycles. The van der Waals surface area contributed by atoms with E-state index in [-0.39, 0.29) is 0 Å². The largest absolute Gasteiger partial charge is 0.497 e. The zero-order chi connectivity index (χ0) is 13.4. The Balaban J connectivity index is 2.22. The van der Waals surface area contributed by atoms with Crippen molar-refractivity contribution in [2.24, 2.45) is 7.05 Å². The number of benzene rings is 1. The predicted molar refractivity (Wildman–Crippen MR) is 77.1 cm³/mol. The van der Waals surface area contributed by atoms with E-state index < -0.39 is 0 Å². The molecule has 2 heterocycles. The van der Waals surface area contributed by atoms with Crippen LogP contribution in [-0.2, 0) is 7.05 Å². The molecule has 2 aromatic heterocycles. The van der Waals surface area contributed by atoms with Crippen LogP contribution in [0, 0.1) is 0 Å². The van der Waals surface area contributed by atoms with Crippen LogP contribution in [0.5, 0.6) is 5.75 Å². The normalized spacial score (nSPS) is 10.8. The zero-order valence-corrected chi connectivity index (χ0v) is 10.9. The number of hydrogen-bond acceptors (Lipinski definition) is 3. The van der Waals surface area contributed by atoms with Crippen LogP contribution in [0.1, 0.15) is 0 Å². The van der Waals surface area contributed by atoms with Crippen molar-refractivity contribution < 1.29 is 4.74 Å². The summed E-state index contributed by atoms with van der Waals surface area (Å²) < 4.78 is 7.36. The smallest absolute Gasteiger partial charge is 0.120 e. The molecule has 4 nitrogen and oxygen atoms in total. The van der Waals surface area contributed by atoms with Gasteiger partial charge in [-0.3, -0.25) is 4.98 Å². The van der Waals surface area contributed by atoms with Gasteiger partial charge in [-0.2, -0.15) is 0 Å². The predicted octanol–water partition coefficient (Wildman–Crippen LogP) is 2.83. The van der Waals surface area contributed by atoms with E-state index in [4.69, 9.17) is 10.5 Å². The van der Waals surface area contributed by atoms with E-state index in [1.54, 1.807) is 19.4 Å². The third-order valence-electron chi connectivity index (χ3n) is 3.30. The van der Waals surface area contributed by atoms with Crippen LogP contribution in [0.25, 0.3) is 22.3 Å². The summed E-state index contributed by atoms with van der Waals surface area (Å²) in [5.41, 5.74) is 9.55. The van der Waals surface area contributed by atoms with E-state index in [1.807, 2.05) is 31.3 Å². The number of ether oxygens (including phenoxy) is 1. The summed E-state index contributed by atoms with van der Waals surface area (Å²) in [6, 6.07) is 11.8. The van der Waals surface area contributed by atoms with Crippen LogP contribution in [0.4, 0.5) is 5.69 Å². The molecule has 0 atom stereocenters. The molecule has 4 heteroatoms. The summed E-state index contributed by atoms with van der Waals surface area (Å²) >= 11 is 0. The molecule has 19 heavy (non-hydrogen) atoms. The fraction of sp³-hybridized carbons (Fsp3) is 0.133. The Hall–Kier alpha value is -2.49. The van der Waals surface area contributed by atoms with Crippen LogP contribution >= 0.6 is 0 Å². The second-order valence-corrected chi connectivity index (χ2v) is 4.49. The van der Waals surface area contributed by atoms with Crippen molar-refractivity contribution in [1.29, 1.82) is 0 Å². The van der Waals surface area contributed by atoms with Crippen molar-refractivity contribution in [3.8, 4) is 17.1 Å². The molecular formula is C15H15N3O. The van der Waals surface area contributed by atoms with Gasteiger partial charge in [-0.15, -0.1) is 0 Å². The topological polar surface area (TPSA) is 53.1 Å². The van der Waals surface area contributed by atoms with Crippen molar-refractivity contribution in [2.75, 3.05) is 12.8 Å². The van der Waals surface area contributed by atoms with Gasteiger partial charge >= 0.3 is 0 Å². The summed E-state index contributed by atoms with van der Waals surface area (Å²) in [6.07, 6.45) is 1.73. The van der Waals surface area contributed by atoms with Crippen molar-refractivity contribution >= 4 is 16.6 Å². The number of aryl methyl sites for hydroxylation is 1. The first kappa shape index (κ1) is 11.6. The summed E-state index contributed by atoms with van der Waals surface area (Å²) in [5.74, 6) is 0.848. The molecule has 1 aromatic carbocycles. The van der Waals surface area contributed by atoms with Gasteiger partial charge in [0.15, 0.2) is 0 Å². The Labute approximate surface area is 111 Å². The number of nitrogens with zero attached hydrogens (tertiary/aromatic N) is 2. The van der Waals surface area contributed by atoms with Gasteiger partial charge in [-0.05, 0) is 30.3 Å². The fourth-order valence-electron chi connectivity index (χ4n) is 2.27. The molecule has 2 N–H and O–H groups in total. The average Bonchev–Trinajstić information content (AvgIpc) is 2.76. The van der Waals surface area contributed by atoms with Gasteiger partial charge < -0.3 is 15.0 Å². The van der Waals surface area contributed by atoms with E-state index in [0.717, 1.165) is 28.0 Å². The number of nitrogen functional groups attached to an aromatic ring is 1. The van der Waals surface area contributed by atoms with E-state index in [2.05, 4.69) is 15.6 Å². The van der Waals surface area contributed by atoms with E-state index in [1.165, 1.54) is 0 Å². The third kappa shape index (κ3) is 1.91. The Morgan fingerprint density at radius 1 is 1.16 bits per heavy atom. The molecule has 0 radical (unpaired) electrons. The zero-order valence-electron chi connectivity index (χ0n) is 10.9. The van der Waals surface area contributed by atoms with Gasteiger partial charge in [0.25, 0.3) is 0 Å². The molecule has 0 bridgehead atoms. The minimum Gasteiger partial charge on any atom is -0.497 e. The van der Waals surface area contributed by atoms with E-state index in [9.17, 15) is 0 Å². The highest BCUT2D eigenvalue weighted by Gasteiger charge is 2.09. The van der Waals surface area contributed by atoms with Crippen LogP contribution in [0.15, 0.2) is 42.6 Å². The lowest BCUT2D eigenvalue weighted by Crippen LogP contribution is -1.95. The van der Waals surface area contributed by atoms with Crippen molar-refractivity contribution in [1.82, 2.24) is 9.55 Å². The number of rotatable bonds is 2. The third-order valence-corrected chi connectivity index (χ3v) is 3.30. The maximum absolute atomic E-state index is 5.82. The van der Waals surface area contributed by atoms with Crippen LogP contribution in [0.3, 0.4) is 0 Å². The average molecular weight is 253 g/mol. The van der Waals surface area contributed by atoms with Crippen molar-refractivity contribution in [3.05, 3.63) is 42.6 Å². The maximum Gasteiger partial charge on any atom is 0.120 e.